The van der Waals surface area contributed by atoms with E-state index >= 15 is 0 Å². The lowest BCUT2D eigenvalue weighted by Gasteiger charge is -2.10. The first kappa shape index (κ1) is 20.7. The van der Waals surface area contributed by atoms with E-state index in [2.05, 4.69) is 10.6 Å². The number of rotatable bonds is 6. The monoisotopic (exact) mass is 458 g/mol. The number of hydrogen-bond acceptors (Lipinski definition) is 7. The molecule has 2 heterocycles. The number of fused-ring (bicyclic) bond motifs is 1. The minimum Gasteiger partial charge on any atom is -0.454 e. The maximum atomic E-state index is 12.3. The van der Waals surface area contributed by atoms with Gasteiger partial charge in [-0.25, -0.2) is 4.79 Å². The third kappa shape index (κ3) is 4.96. The Labute approximate surface area is 185 Å². The van der Waals surface area contributed by atoms with Crippen molar-refractivity contribution < 1.29 is 28.6 Å². The molecule has 0 saturated carbocycles. The molecule has 31 heavy (non-hydrogen) atoms. The molecule has 1 aromatic heterocycles. The average Bonchev–Trinajstić information content (AvgIpc) is 3.45. The molecule has 1 aliphatic rings. The van der Waals surface area contributed by atoms with Gasteiger partial charge >= 0.3 is 5.97 Å². The van der Waals surface area contributed by atoms with Crippen LogP contribution in [0, 0.1) is 0 Å². The van der Waals surface area contributed by atoms with E-state index in [9.17, 15) is 14.4 Å². The van der Waals surface area contributed by atoms with Crippen LogP contribution in [0.1, 0.15) is 20.0 Å². The van der Waals surface area contributed by atoms with Gasteiger partial charge in [-0.15, -0.1) is 11.3 Å². The zero-order valence-corrected chi connectivity index (χ0v) is 17.4. The first-order valence-corrected chi connectivity index (χ1v) is 10.3. The van der Waals surface area contributed by atoms with Gasteiger partial charge in [0.2, 0.25) is 6.79 Å². The van der Waals surface area contributed by atoms with E-state index in [1.165, 1.54) is 29.5 Å². The molecule has 8 nitrogen and oxygen atoms in total. The summed E-state index contributed by atoms with van der Waals surface area (Å²) in [6.45, 7) is -0.367. The van der Waals surface area contributed by atoms with Gasteiger partial charge in [0.1, 0.15) is 0 Å². The quantitative estimate of drug-likeness (QED) is 0.537. The maximum absolute atomic E-state index is 12.3. The SMILES string of the molecule is O=C(COC(=O)c1ccc(Cl)c(NC(=O)c2cccs2)c1)Nc1ccc2c(c1)OCO2. The van der Waals surface area contributed by atoms with Crippen molar-refractivity contribution in [1.29, 1.82) is 0 Å². The summed E-state index contributed by atoms with van der Waals surface area (Å²) in [6, 6.07) is 12.7. The first-order valence-electron chi connectivity index (χ1n) is 9.00. The molecule has 0 aliphatic carbocycles. The summed E-state index contributed by atoms with van der Waals surface area (Å²) in [5, 5.41) is 7.31. The van der Waals surface area contributed by atoms with E-state index in [0.29, 0.717) is 22.1 Å². The second-order valence-corrected chi connectivity index (χ2v) is 7.67. The van der Waals surface area contributed by atoms with Crippen LogP contribution >= 0.6 is 22.9 Å². The van der Waals surface area contributed by atoms with Crippen molar-refractivity contribution in [2.75, 3.05) is 24.0 Å². The summed E-state index contributed by atoms with van der Waals surface area (Å²) in [6.07, 6.45) is 0. The standard InChI is InChI=1S/C21H15ClN2O6S/c22-14-5-3-12(8-15(14)24-20(26)18-2-1-7-31-18)21(27)28-10-19(25)23-13-4-6-16-17(9-13)30-11-29-16/h1-9H,10-11H2,(H,23,25)(H,24,26). The molecule has 0 saturated heterocycles. The minimum atomic E-state index is -0.732. The summed E-state index contributed by atoms with van der Waals surface area (Å²) in [4.78, 5) is 37.2. The highest BCUT2D eigenvalue weighted by Gasteiger charge is 2.17. The van der Waals surface area contributed by atoms with E-state index < -0.39 is 18.5 Å². The Morgan fingerprint density at radius 2 is 1.87 bits per heavy atom. The van der Waals surface area contributed by atoms with Gasteiger partial charge in [0, 0.05) is 11.8 Å². The highest BCUT2D eigenvalue weighted by molar-refractivity contribution is 7.12. The third-order valence-corrected chi connectivity index (χ3v) is 5.38. The van der Waals surface area contributed by atoms with Crippen molar-refractivity contribution in [2.24, 2.45) is 0 Å². The van der Waals surface area contributed by atoms with Crippen molar-refractivity contribution in [3.05, 3.63) is 69.4 Å². The molecule has 0 radical (unpaired) electrons. The second-order valence-electron chi connectivity index (χ2n) is 6.32. The number of halogens is 1. The van der Waals surface area contributed by atoms with Gasteiger partial charge in [0.05, 0.1) is 21.2 Å². The summed E-state index contributed by atoms with van der Waals surface area (Å²) in [5.74, 6) is -0.482. The summed E-state index contributed by atoms with van der Waals surface area (Å²) in [7, 11) is 0. The van der Waals surface area contributed by atoms with E-state index in [1.807, 2.05) is 0 Å². The molecule has 0 unspecified atom stereocenters. The molecule has 1 aliphatic heterocycles. The molecule has 158 valence electrons. The van der Waals surface area contributed by atoms with Gasteiger partial charge in [-0.3, -0.25) is 9.59 Å². The molecular formula is C21H15ClN2O6S. The number of carbonyl (C=O) groups excluding carboxylic acids is 3. The number of carbonyl (C=O) groups is 3. The second kappa shape index (κ2) is 9.07. The van der Waals surface area contributed by atoms with Crippen molar-refractivity contribution in [3.8, 4) is 11.5 Å². The van der Waals surface area contributed by atoms with Gasteiger partial charge in [0.25, 0.3) is 11.8 Å². The lowest BCUT2D eigenvalue weighted by Crippen LogP contribution is -2.21. The van der Waals surface area contributed by atoms with E-state index in [4.69, 9.17) is 25.8 Å². The van der Waals surface area contributed by atoms with Crippen LogP contribution in [0.2, 0.25) is 5.02 Å². The number of amides is 2. The van der Waals surface area contributed by atoms with Crippen molar-refractivity contribution in [2.45, 2.75) is 0 Å². The summed E-state index contributed by atoms with van der Waals surface area (Å²) < 4.78 is 15.5. The third-order valence-electron chi connectivity index (χ3n) is 4.19. The number of esters is 1. The van der Waals surface area contributed by atoms with E-state index in [0.717, 1.165) is 0 Å². The van der Waals surface area contributed by atoms with Crippen LogP contribution < -0.4 is 20.1 Å². The number of anilines is 2. The van der Waals surface area contributed by atoms with Crippen molar-refractivity contribution in [3.63, 3.8) is 0 Å². The Hall–Kier alpha value is -3.56. The molecule has 2 N–H and O–H groups in total. The zero-order chi connectivity index (χ0) is 21.8. The Bertz CT molecular complexity index is 1150. The molecule has 0 spiro atoms. The predicted octanol–water partition coefficient (Wildman–Crippen LogP) is 4.18. The number of hydrogen-bond donors (Lipinski definition) is 2. The lowest BCUT2D eigenvalue weighted by molar-refractivity contribution is -0.119. The molecule has 0 atom stereocenters. The fraction of sp³-hybridized carbons (Fsp3) is 0.0952. The highest BCUT2D eigenvalue weighted by Crippen LogP contribution is 2.34. The normalized spacial score (nSPS) is 11.6. The Morgan fingerprint density at radius 1 is 1.03 bits per heavy atom. The van der Waals surface area contributed by atoms with Crippen LogP contribution in [0.3, 0.4) is 0 Å². The Balaban J connectivity index is 1.35. The van der Waals surface area contributed by atoms with Gasteiger partial charge < -0.3 is 24.8 Å². The highest BCUT2D eigenvalue weighted by atomic mass is 35.5. The number of ether oxygens (including phenoxy) is 3. The number of benzene rings is 2. The molecule has 10 heteroatoms. The fourth-order valence-electron chi connectivity index (χ4n) is 2.73. The average molecular weight is 459 g/mol. The topological polar surface area (TPSA) is 103 Å². The zero-order valence-electron chi connectivity index (χ0n) is 15.8. The number of thiophene rings is 1. The molecule has 2 amide bonds. The number of nitrogens with one attached hydrogen (secondary N) is 2. The van der Waals surface area contributed by atoms with Crippen molar-refractivity contribution in [1.82, 2.24) is 0 Å². The van der Waals surface area contributed by atoms with E-state index in [-0.39, 0.29) is 29.0 Å². The fourth-order valence-corrected chi connectivity index (χ4v) is 3.51. The van der Waals surface area contributed by atoms with E-state index in [1.54, 1.807) is 35.7 Å². The molecule has 3 aromatic rings. The molecule has 2 aromatic carbocycles. The smallest absolute Gasteiger partial charge is 0.338 e. The van der Waals surface area contributed by atoms with Crippen molar-refractivity contribution >= 4 is 52.1 Å². The summed E-state index contributed by atoms with van der Waals surface area (Å²) in [5.41, 5.74) is 0.886. The largest absolute Gasteiger partial charge is 0.454 e. The molecule has 0 fully saturated rings. The molecule has 4 rings (SSSR count). The maximum Gasteiger partial charge on any atom is 0.338 e. The van der Waals surface area contributed by atoms with Crippen LogP contribution in [-0.4, -0.2) is 31.2 Å². The van der Waals surface area contributed by atoms with Gasteiger partial charge in [-0.2, -0.15) is 0 Å². The van der Waals surface area contributed by atoms with Gasteiger partial charge in [0.15, 0.2) is 18.1 Å². The van der Waals surface area contributed by atoms with Crippen LogP contribution in [0.5, 0.6) is 11.5 Å². The van der Waals surface area contributed by atoms with Gasteiger partial charge in [-0.1, -0.05) is 17.7 Å². The van der Waals surface area contributed by atoms with Crippen LogP contribution in [0.15, 0.2) is 53.9 Å². The molecule has 0 bridgehead atoms. The predicted molar refractivity (Wildman–Crippen MR) is 115 cm³/mol. The first-order chi connectivity index (χ1) is 15.0. The Morgan fingerprint density at radius 3 is 2.68 bits per heavy atom. The van der Waals surface area contributed by atoms with Crippen LogP contribution in [-0.2, 0) is 9.53 Å². The molecular weight excluding hydrogens is 444 g/mol. The lowest BCUT2D eigenvalue weighted by atomic mass is 10.2. The van der Waals surface area contributed by atoms with Crippen LogP contribution in [0.25, 0.3) is 0 Å². The summed E-state index contributed by atoms with van der Waals surface area (Å²) >= 11 is 7.40. The minimum absolute atomic E-state index is 0.126. The van der Waals surface area contributed by atoms with Crippen LogP contribution in [0.4, 0.5) is 11.4 Å². The van der Waals surface area contributed by atoms with Gasteiger partial charge in [-0.05, 0) is 41.8 Å². The Kier molecular flexibility index (Phi) is 6.06.